The minimum Gasteiger partial charge on any atom is -0.379 e. The van der Waals surface area contributed by atoms with Gasteiger partial charge in [0.25, 0.3) is 5.91 Å². The van der Waals surface area contributed by atoms with Crippen LogP contribution < -0.4 is 15.6 Å². The average Bonchev–Trinajstić information content (AvgIpc) is 3.49. The molecule has 2 atom stereocenters. The van der Waals surface area contributed by atoms with E-state index in [4.69, 9.17) is 9.84 Å². The van der Waals surface area contributed by atoms with Crippen LogP contribution in [0.2, 0.25) is 0 Å². The second kappa shape index (κ2) is 12.3. The summed E-state index contributed by atoms with van der Waals surface area (Å²) in [6.07, 6.45) is 2.83. The number of aromatic nitrogens is 2. The molecule has 4 rings (SSSR count). The molecule has 1 aromatic carbocycles. The van der Waals surface area contributed by atoms with Crippen LogP contribution in [-0.2, 0) is 33.8 Å². The number of hydrazine groups is 1. The molecule has 2 aliphatic heterocycles. The van der Waals surface area contributed by atoms with Gasteiger partial charge in [-0.1, -0.05) is 18.2 Å². The number of methoxy groups -OCH3 is 1. The second-order valence-electron chi connectivity index (χ2n) is 9.53. The Morgan fingerprint density at radius 1 is 1.32 bits per heavy atom. The van der Waals surface area contributed by atoms with Gasteiger partial charge in [0.2, 0.25) is 0 Å². The molecule has 0 aliphatic carbocycles. The number of carbonyl (C=O) groups is 2. The fraction of sp³-hybridized carbons (Fsp3) is 0.520. The van der Waals surface area contributed by atoms with E-state index in [-0.39, 0.29) is 12.4 Å². The molecule has 200 valence electrons. The highest BCUT2D eigenvalue weighted by molar-refractivity contribution is 5.86. The maximum absolute atomic E-state index is 13.9. The van der Waals surface area contributed by atoms with Crippen LogP contribution in [0.1, 0.15) is 17.7 Å². The zero-order valence-electron chi connectivity index (χ0n) is 21.5. The Morgan fingerprint density at radius 2 is 2.11 bits per heavy atom. The Bertz CT molecular complexity index is 1100. The molecule has 0 saturated carbocycles. The Kier molecular flexibility index (Phi) is 8.85. The van der Waals surface area contributed by atoms with Crippen molar-refractivity contribution in [1.82, 2.24) is 30.4 Å². The van der Waals surface area contributed by atoms with Crippen LogP contribution in [0.3, 0.4) is 0 Å². The molecule has 0 radical (unpaired) electrons. The van der Waals surface area contributed by atoms with Crippen LogP contribution in [0.4, 0.5) is 10.2 Å². The Morgan fingerprint density at radius 3 is 2.81 bits per heavy atom. The number of hydrogen-bond acceptors (Lipinski definition) is 9. The van der Waals surface area contributed by atoms with E-state index in [1.165, 1.54) is 12.4 Å². The highest BCUT2D eigenvalue weighted by atomic mass is 19.1. The number of halogens is 1. The van der Waals surface area contributed by atoms with Crippen molar-refractivity contribution >= 4 is 24.3 Å². The number of aliphatic imine (C=N–C) groups is 1. The van der Waals surface area contributed by atoms with Gasteiger partial charge >= 0.3 is 0 Å². The van der Waals surface area contributed by atoms with E-state index in [1.54, 1.807) is 30.3 Å². The molecule has 1 fully saturated rings. The van der Waals surface area contributed by atoms with Crippen LogP contribution in [0, 0.1) is 5.82 Å². The number of aryl methyl sites for hydroxylation is 1. The molecule has 37 heavy (non-hydrogen) atoms. The topological polar surface area (TPSA) is 107 Å². The number of aldehydes is 1. The van der Waals surface area contributed by atoms with Crippen molar-refractivity contribution in [2.24, 2.45) is 4.99 Å². The van der Waals surface area contributed by atoms with Crippen molar-refractivity contribution in [3.63, 3.8) is 0 Å². The van der Waals surface area contributed by atoms with Gasteiger partial charge in [0.15, 0.2) is 6.17 Å². The van der Waals surface area contributed by atoms with Crippen molar-refractivity contribution in [2.45, 2.75) is 44.2 Å². The Hall–Kier alpha value is -3.35. The number of nitrogens with one attached hydrogen (secondary N) is 2. The molecule has 11 nitrogen and oxygen atoms in total. The minimum atomic E-state index is -0.887. The average molecular weight is 515 g/mol. The molecule has 1 saturated heterocycles. The lowest BCUT2D eigenvalue weighted by molar-refractivity contribution is -0.126. The number of anilines is 1. The molecular weight excluding hydrogens is 479 g/mol. The molecule has 0 bridgehead atoms. The van der Waals surface area contributed by atoms with Crippen molar-refractivity contribution in [1.29, 1.82) is 0 Å². The van der Waals surface area contributed by atoms with Gasteiger partial charge in [-0.3, -0.25) is 14.7 Å². The van der Waals surface area contributed by atoms with Crippen molar-refractivity contribution in [3.8, 4) is 0 Å². The molecule has 2 N–H and O–H groups in total. The second-order valence-corrected chi connectivity index (χ2v) is 9.53. The molecule has 2 aromatic rings. The number of amides is 1. The monoisotopic (exact) mass is 514 g/mol. The SMILES string of the molecule is COC1CN(CCc2cc(N(C)C)n(CCC(C=O)NC(=O)C3N=CN(Cc4ccccc4F)N3)n2)C1. The quantitative estimate of drug-likeness (QED) is 0.370. The summed E-state index contributed by atoms with van der Waals surface area (Å²) in [4.78, 5) is 32.9. The third-order valence-electron chi connectivity index (χ3n) is 6.54. The molecule has 0 spiro atoms. The molecule has 2 aliphatic rings. The van der Waals surface area contributed by atoms with Crippen molar-refractivity contribution in [2.75, 3.05) is 45.7 Å². The van der Waals surface area contributed by atoms with Gasteiger partial charge < -0.3 is 19.7 Å². The van der Waals surface area contributed by atoms with E-state index in [0.29, 0.717) is 24.6 Å². The van der Waals surface area contributed by atoms with E-state index in [0.717, 1.165) is 43.9 Å². The molecule has 2 unspecified atom stereocenters. The van der Waals surface area contributed by atoms with Gasteiger partial charge in [0, 0.05) is 65.4 Å². The first-order valence-corrected chi connectivity index (χ1v) is 12.4. The predicted molar refractivity (Wildman–Crippen MR) is 137 cm³/mol. The van der Waals surface area contributed by atoms with E-state index in [2.05, 4.69) is 26.7 Å². The van der Waals surface area contributed by atoms with Gasteiger partial charge in [0.05, 0.1) is 24.4 Å². The largest absolute Gasteiger partial charge is 0.379 e. The zero-order valence-corrected chi connectivity index (χ0v) is 21.5. The number of benzene rings is 1. The summed E-state index contributed by atoms with van der Waals surface area (Å²) < 4.78 is 21.1. The molecule has 1 aromatic heterocycles. The summed E-state index contributed by atoms with van der Waals surface area (Å²) in [6, 6.07) is 7.79. The molecule has 1 amide bonds. The van der Waals surface area contributed by atoms with Crippen LogP contribution in [0.5, 0.6) is 0 Å². The first-order chi connectivity index (χ1) is 17.9. The fourth-order valence-electron chi connectivity index (χ4n) is 4.32. The number of ether oxygens (including phenoxy) is 1. The van der Waals surface area contributed by atoms with E-state index < -0.39 is 18.1 Å². The van der Waals surface area contributed by atoms with Gasteiger partial charge in [0.1, 0.15) is 24.3 Å². The number of hydrogen-bond donors (Lipinski definition) is 2. The lowest BCUT2D eigenvalue weighted by Crippen LogP contribution is -2.52. The highest BCUT2D eigenvalue weighted by Gasteiger charge is 2.27. The summed E-state index contributed by atoms with van der Waals surface area (Å²) in [5.74, 6) is 0.184. The Balaban J connectivity index is 1.26. The van der Waals surface area contributed by atoms with Gasteiger partial charge in [-0.25, -0.2) is 19.5 Å². The van der Waals surface area contributed by atoms with Gasteiger partial charge in [-0.15, -0.1) is 0 Å². The summed E-state index contributed by atoms with van der Waals surface area (Å²) >= 11 is 0. The summed E-state index contributed by atoms with van der Waals surface area (Å²) in [6.45, 7) is 3.49. The zero-order chi connectivity index (χ0) is 26.4. The van der Waals surface area contributed by atoms with E-state index in [9.17, 15) is 14.0 Å². The minimum absolute atomic E-state index is 0.219. The van der Waals surface area contributed by atoms with Crippen LogP contribution >= 0.6 is 0 Å². The number of likely N-dealkylation sites (tertiary alicyclic amines) is 1. The maximum atomic E-state index is 13.9. The highest BCUT2D eigenvalue weighted by Crippen LogP contribution is 2.17. The summed E-state index contributed by atoms with van der Waals surface area (Å²) in [7, 11) is 5.64. The number of nitrogens with zero attached hydrogens (tertiary/aromatic N) is 6. The molecular formula is C25H35FN8O3. The molecule has 12 heteroatoms. The smallest absolute Gasteiger partial charge is 0.261 e. The first kappa shape index (κ1) is 26.7. The van der Waals surface area contributed by atoms with Crippen molar-refractivity contribution in [3.05, 3.63) is 47.4 Å². The van der Waals surface area contributed by atoms with Crippen LogP contribution in [0.25, 0.3) is 0 Å². The maximum Gasteiger partial charge on any atom is 0.261 e. The third kappa shape index (κ3) is 6.90. The molecule has 3 heterocycles. The summed E-state index contributed by atoms with van der Waals surface area (Å²) in [5, 5.41) is 9.02. The lowest BCUT2D eigenvalue weighted by Gasteiger charge is -2.37. The standard InChI is InChI=1S/C25H35FN8O3/c1-31(2)23-12-19(8-10-32-14-21(15-32)37-3)29-34(23)11-9-20(16-35)28-25(36)24-27-17-33(30-24)13-18-6-4-5-7-22(18)26/h4-7,12,16-17,20-21,24,30H,8-11,13-15H2,1-3H3,(H,28,36). The van der Waals surface area contributed by atoms with E-state index in [1.807, 2.05) is 23.7 Å². The van der Waals surface area contributed by atoms with Crippen molar-refractivity contribution < 1.29 is 18.7 Å². The van der Waals surface area contributed by atoms with E-state index >= 15 is 0 Å². The van der Waals surface area contributed by atoms with Crippen LogP contribution in [-0.4, -0.2) is 97.4 Å². The third-order valence-corrected chi connectivity index (χ3v) is 6.54. The Labute approximate surface area is 216 Å². The van der Waals surface area contributed by atoms with Gasteiger partial charge in [-0.05, 0) is 12.5 Å². The predicted octanol–water partition coefficient (Wildman–Crippen LogP) is 0.410. The number of carbonyl (C=O) groups excluding carboxylic acids is 2. The van der Waals surface area contributed by atoms with Crippen LogP contribution in [0.15, 0.2) is 35.3 Å². The van der Waals surface area contributed by atoms with Gasteiger partial charge in [-0.2, -0.15) is 5.10 Å². The fourth-order valence-corrected chi connectivity index (χ4v) is 4.32. The number of rotatable bonds is 13. The first-order valence-electron chi connectivity index (χ1n) is 12.4. The normalized spacial score (nSPS) is 18.6. The lowest BCUT2D eigenvalue weighted by atomic mass is 10.1. The summed E-state index contributed by atoms with van der Waals surface area (Å²) in [5.41, 5.74) is 4.38.